The van der Waals surface area contributed by atoms with Crippen molar-refractivity contribution in [1.29, 1.82) is 0 Å². The lowest BCUT2D eigenvalue weighted by Crippen LogP contribution is -2.38. The Morgan fingerprint density at radius 2 is 2.00 bits per heavy atom. The number of hydrogen-bond acceptors (Lipinski definition) is 5. The van der Waals surface area contributed by atoms with E-state index in [0.717, 1.165) is 10.6 Å². The highest BCUT2D eigenvalue weighted by Crippen LogP contribution is 2.20. The van der Waals surface area contributed by atoms with E-state index in [4.69, 9.17) is 11.6 Å². The third-order valence-corrected chi connectivity index (χ3v) is 4.53. The van der Waals surface area contributed by atoms with Crippen molar-refractivity contribution in [1.82, 2.24) is 19.5 Å². The maximum atomic E-state index is 13.5. The average Bonchev–Trinajstić information content (AvgIpc) is 2.62. The van der Waals surface area contributed by atoms with Crippen LogP contribution in [0, 0.1) is 12.9 Å². The molecule has 0 saturated heterocycles. The highest BCUT2D eigenvalue weighted by molar-refractivity contribution is 6.31. The molecule has 9 heteroatoms. The number of aromatic nitrogens is 4. The van der Waals surface area contributed by atoms with E-state index in [2.05, 4.69) is 15.0 Å². The van der Waals surface area contributed by atoms with Gasteiger partial charge in [-0.05, 0) is 42.7 Å². The third-order valence-electron chi connectivity index (χ3n) is 4.31. The van der Waals surface area contributed by atoms with E-state index in [1.54, 1.807) is 26.8 Å². The molecule has 0 aliphatic rings. The van der Waals surface area contributed by atoms with E-state index in [0.29, 0.717) is 16.3 Å². The van der Waals surface area contributed by atoms with E-state index in [1.807, 2.05) is 0 Å². The fourth-order valence-corrected chi connectivity index (χ4v) is 3.37. The van der Waals surface area contributed by atoms with Crippen molar-refractivity contribution in [2.24, 2.45) is 0 Å². The molecular formula is C20H18ClFN4O3. The molecule has 0 fully saturated rings. The normalized spacial score (nSPS) is 11.1. The largest absolute Gasteiger partial charge is 0.329 e. The second-order valence-corrected chi connectivity index (χ2v) is 7.33. The van der Waals surface area contributed by atoms with Crippen LogP contribution in [0.5, 0.6) is 0 Å². The maximum Gasteiger partial charge on any atom is 0.329 e. The number of nitrogens with one attached hydrogen (secondary N) is 1. The molecule has 0 unspecified atom stereocenters. The Kier molecular flexibility index (Phi) is 5.74. The molecule has 0 atom stereocenters. The van der Waals surface area contributed by atoms with Crippen molar-refractivity contribution in [3.8, 4) is 0 Å². The summed E-state index contributed by atoms with van der Waals surface area (Å²) in [5, 5.41) is 0.307. The van der Waals surface area contributed by atoms with E-state index in [9.17, 15) is 18.8 Å². The van der Waals surface area contributed by atoms with Gasteiger partial charge in [0, 0.05) is 22.5 Å². The highest BCUT2D eigenvalue weighted by Gasteiger charge is 2.25. The number of halogens is 2. The number of rotatable bonds is 5. The lowest BCUT2D eigenvalue weighted by atomic mass is 9.98. The Morgan fingerprint density at radius 3 is 2.62 bits per heavy atom. The number of H-pyrrole nitrogens is 1. The van der Waals surface area contributed by atoms with Gasteiger partial charge < -0.3 is 0 Å². The van der Waals surface area contributed by atoms with Crippen molar-refractivity contribution < 1.29 is 9.18 Å². The molecule has 0 bridgehead atoms. The van der Waals surface area contributed by atoms with E-state index >= 15 is 0 Å². The Labute approximate surface area is 170 Å². The molecule has 3 aromatic heterocycles. The highest BCUT2D eigenvalue weighted by atomic mass is 35.5. The van der Waals surface area contributed by atoms with Gasteiger partial charge in [0.15, 0.2) is 0 Å². The van der Waals surface area contributed by atoms with Gasteiger partial charge in [-0.25, -0.2) is 14.8 Å². The second kappa shape index (κ2) is 8.08. The number of ketones is 1. The molecule has 0 saturated carbocycles. The van der Waals surface area contributed by atoms with Gasteiger partial charge in [0.1, 0.15) is 11.4 Å². The van der Waals surface area contributed by atoms with Crippen molar-refractivity contribution in [2.45, 2.75) is 33.2 Å². The van der Waals surface area contributed by atoms with E-state index < -0.39 is 23.0 Å². The maximum absolute atomic E-state index is 13.5. The van der Waals surface area contributed by atoms with Gasteiger partial charge in [-0.15, -0.1) is 0 Å². The van der Waals surface area contributed by atoms with Crippen molar-refractivity contribution in [3.63, 3.8) is 0 Å². The lowest BCUT2D eigenvalue weighted by Gasteiger charge is -2.17. The van der Waals surface area contributed by atoms with Gasteiger partial charge in [-0.1, -0.05) is 25.4 Å². The van der Waals surface area contributed by atoms with Crippen LogP contribution >= 0.6 is 11.6 Å². The first-order valence-corrected chi connectivity index (χ1v) is 9.21. The quantitative estimate of drug-likeness (QED) is 0.509. The van der Waals surface area contributed by atoms with Crippen LogP contribution in [-0.2, 0) is 6.54 Å². The van der Waals surface area contributed by atoms with Crippen LogP contribution in [0.2, 0.25) is 5.02 Å². The van der Waals surface area contributed by atoms with E-state index in [1.165, 1.54) is 18.3 Å². The summed E-state index contributed by atoms with van der Waals surface area (Å²) in [7, 11) is 0. The van der Waals surface area contributed by atoms with Crippen LogP contribution in [0.4, 0.5) is 4.39 Å². The van der Waals surface area contributed by atoms with Crippen LogP contribution in [0.3, 0.4) is 0 Å². The summed E-state index contributed by atoms with van der Waals surface area (Å²) in [6.07, 6.45) is 1.26. The Hall–Kier alpha value is -3.13. The van der Waals surface area contributed by atoms with Crippen LogP contribution < -0.4 is 11.2 Å². The number of carbonyl (C=O) groups excluding carboxylic acids is 1. The minimum absolute atomic E-state index is 0.0107. The van der Waals surface area contributed by atoms with Crippen molar-refractivity contribution in [2.75, 3.05) is 0 Å². The molecule has 0 aliphatic heterocycles. The standard InChI is InChI=1S/C20H18ClFN4O3/c1-10(2)16-17(18(27)14-8-13(21)6-11(3)24-14)26(20(29)25-19(16)28)9-12-4-5-23-15(22)7-12/h4-8,10H,9H2,1-3H3,(H,25,28,29). The van der Waals surface area contributed by atoms with Crippen LogP contribution in [0.1, 0.15) is 52.8 Å². The predicted octanol–water partition coefficient (Wildman–Crippen LogP) is 2.83. The zero-order valence-corrected chi connectivity index (χ0v) is 16.7. The fourth-order valence-electron chi connectivity index (χ4n) is 3.11. The molecule has 150 valence electrons. The van der Waals surface area contributed by atoms with Crippen LogP contribution in [0.25, 0.3) is 0 Å². The van der Waals surface area contributed by atoms with Crippen LogP contribution in [0.15, 0.2) is 40.1 Å². The first-order chi connectivity index (χ1) is 13.7. The summed E-state index contributed by atoms with van der Waals surface area (Å²) in [5.41, 5.74) is -0.448. The zero-order chi connectivity index (χ0) is 21.3. The summed E-state index contributed by atoms with van der Waals surface area (Å²) in [6.45, 7) is 5.02. The number of nitrogens with zero attached hydrogens (tertiary/aromatic N) is 3. The second-order valence-electron chi connectivity index (χ2n) is 6.89. The van der Waals surface area contributed by atoms with Crippen molar-refractivity contribution >= 4 is 17.4 Å². The molecule has 7 nitrogen and oxygen atoms in total. The Morgan fingerprint density at radius 1 is 1.28 bits per heavy atom. The summed E-state index contributed by atoms with van der Waals surface area (Å²) >= 11 is 6.06. The van der Waals surface area contributed by atoms with Gasteiger partial charge in [0.25, 0.3) is 5.56 Å². The van der Waals surface area contributed by atoms with Gasteiger partial charge in [0.05, 0.1) is 6.54 Å². The summed E-state index contributed by atoms with van der Waals surface area (Å²) in [4.78, 5) is 48.3. The molecule has 0 radical (unpaired) electrons. The molecule has 3 heterocycles. The molecule has 0 aliphatic carbocycles. The molecule has 0 spiro atoms. The van der Waals surface area contributed by atoms with Gasteiger partial charge in [-0.3, -0.25) is 19.1 Å². The van der Waals surface area contributed by atoms with Gasteiger partial charge in [0.2, 0.25) is 11.7 Å². The molecule has 1 N–H and O–H groups in total. The molecule has 0 aromatic carbocycles. The first-order valence-electron chi connectivity index (χ1n) is 8.83. The number of aromatic amines is 1. The fraction of sp³-hybridized carbons (Fsp3) is 0.250. The summed E-state index contributed by atoms with van der Waals surface area (Å²) in [6, 6.07) is 5.64. The molecule has 0 amide bonds. The summed E-state index contributed by atoms with van der Waals surface area (Å²) in [5.74, 6) is -1.69. The number of carbonyl (C=O) groups is 1. The van der Waals surface area contributed by atoms with Crippen LogP contribution in [-0.4, -0.2) is 25.3 Å². The molecule has 29 heavy (non-hydrogen) atoms. The monoisotopic (exact) mass is 416 g/mol. The number of aryl methyl sites for hydroxylation is 1. The van der Waals surface area contributed by atoms with E-state index in [-0.39, 0.29) is 29.4 Å². The average molecular weight is 417 g/mol. The first kappa shape index (κ1) is 20.6. The van der Waals surface area contributed by atoms with Gasteiger partial charge >= 0.3 is 5.69 Å². The molecule has 3 rings (SSSR count). The molecule has 3 aromatic rings. The Bertz CT molecular complexity index is 1200. The lowest BCUT2D eigenvalue weighted by molar-refractivity contribution is 0.102. The Balaban J connectivity index is 2.28. The van der Waals surface area contributed by atoms with Gasteiger partial charge in [-0.2, -0.15) is 4.39 Å². The smallest absolute Gasteiger partial charge is 0.285 e. The number of hydrogen-bond donors (Lipinski definition) is 1. The zero-order valence-electron chi connectivity index (χ0n) is 16.0. The predicted molar refractivity (Wildman–Crippen MR) is 106 cm³/mol. The number of pyridine rings is 2. The minimum Gasteiger partial charge on any atom is -0.285 e. The van der Waals surface area contributed by atoms with Crippen molar-refractivity contribution in [3.05, 3.63) is 90.5 Å². The third kappa shape index (κ3) is 4.32. The topological polar surface area (TPSA) is 97.7 Å². The summed E-state index contributed by atoms with van der Waals surface area (Å²) < 4.78 is 14.6. The SMILES string of the molecule is Cc1cc(Cl)cc(C(=O)c2c(C(C)C)c(=O)[nH]c(=O)n2Cc2ccnc(F)c2)n1. The molecular weight excluding hydrogens is 399 g/mol. The minimum atomic E-state index is -0.779.